The molecule has 0 atom stereocenters. The van der Waals surface area contributed by atoms with E-state index in [9.17, 15) is 12.8 Å². The van der Waals surface area contributed by atoms with Gasteiger partial charge in [-0.25, -0.2) is 17.5 Å². The molecular formula is C11H12FN3O2S2. The predicted molar refractivity (Wildman–Crippen MR) is 69.8 cm³/mol. The van der Waals surface area contributed by atoms with Crippen LogP contribution in [0.1, 0.15) is 15.6 Å². The number of aryl methyl sites for hydroxylation is 2. The van der Waals surface area contributed by atoms with E-state index in [1.165, 1.54) is 23.5 Å². The van der Waals surface area contributed by atoms with Crippen molar-refractivity contribution in [1.29, 1.82) is 0 Å². The molecule has 0 fully saturated rings. The van der Waals surface area contributed by atoms with Gasteiger partial charge in [-0.3, -0.25) is 0 Å². The van der Waals surface area contributed by atoms with E-state index in [1.807, 2.05) is 0 Å². The first-order chi connectivity index (χ1) is 8.88. The molecule has 1 aromatic carbocycles. The minimum atomic E-state index is -3.67. The summed E-state index contributed by atoms with van der Waals surface area (Å²) >= 11 is 1.32. The lowest BCUT2D eigenvalue weighted by Gasteiger charge is -2.07. The van der Waals surface area contributed by atoms with Gasteiger partial charge in [0.05, 0.1) is 11.4 Å². The molecule has 5 nitrogen and oxygen atoms in total. The number of aromatic nitrogens is 2. The second kappa shape index (κ2) is 5.32. The lowest BCUT2D eigenvalue weighted by Crippen LogP contribution is -2.24. The molecule has 0 unspecified atom stereocenters. The zero-order valence-electron chi connectivity index (χ0n) is 10.3. The summed E-state index contributed by atoms with van der Waals surface area (Å²) in [6, 6.07) is 3.55. The lowest BCUT2D eigenvalue weighted by molar-refractivity contribution is 0.579. The fourth-order valence-corrected chi connectivity index (χ4v) is 3.51. The number of nitrogens with one attached hydrogen (secondary N) is 1. The van der Waals surface area contributed by atoms with E-state index in [1.54, 1.807) is 13.8 Å². The van der Waals surface area contributed by atoms with Crippen LogP contribution in [0.15, 0.2) is 23.1 Å². The smallest absolute Gasteiger partial charge is 0.207 e. The Bertz CT molecular complexity index is 698. The van der Waals surface area contributed by atoms with Crippen LogP contribution in [0, 0.1) is 19.7 Å². The Kier molecular flexibility index (Phi) is 3.93. The fourth-order valence-electron chi connectivity index (χ4n) is 1.56. The zero-order chi connectivity index (χ0) is 14.0. The van der Waals surface area contributed by atoms with Crippen LogP contribution in [0.3, 0.4) is 0 Å². The molecule has 8 heteroatoms. The summed E-state index contributed by atoms with van der Waals surface area (Å²) in [4.78, 5) is 0.0649. The second-order valence-corrected chi connectivity index (χ2v) is 6.95. The highest BCUT2D eigenvalue weighted by atomic mass is 32.2. The van der Waals surface area contributed by atoms with Gasteiger partial charge in [-0.1, -0.05) is 0 Å². The summed E-state index contributed by atoms with van der Waals surface area (Å²) in [5.41, 5.74) is 0.362. The van der Waals surface area contributed by atoms with Gasteiger partial charge in [-0.15, -0.1) is 21.5 Å². The summed E-state index contributed by atoms with van der Waals surface area (Å²) in [7, 11) is -3.67. The average molecular weight is 301 g/mol. The summed E-state index contributed by atoms with van der Waals surface area (Å²) < 4.78 is 39.5. The van der Waals surface area contributed by atoms with Gasteiger partial charge in [0.15, 0.2) is 0 Å². The Labute approximate surface area is 114 Å². The molecule has 0 bridgehead atoms. The molecule has 2 aromatic rings. The quantitative estimate of drug-likeness (QED) is 0.934. The molecule has 0 aliphatic rings. The molecule has 1 N–H and O–H groups in total. The summed E-state index contributed by atoms with van der Waals surface area (Å²) in [5, 5.41) is 8.99. The first-order valence-electron chi connectivity index (χ1n) is 5.43. The van der Waals surface area contributed by atoms with Crippen molar-refractivity contribution in [3.8, 4) is 0 Å². The largest absolute Gasteiger partial charge is 0.241 e. The minimum absolute atomic E-state index is 0.0649. The van der Waals surface area contributed by atoms with E-state index in [2.05, 4.69) is 14.9 Å². The maximum atomic E-state index is 13.0. The van der Waals surface area contributed by atoms with E-state index in [4.69, 9.17) is 0 Å². The Balaban J connectivity index is 2.18. The molecule has 0 aliphatic heterocycles. The topological polar surface area (TPSA) is 72.0 Å². The van der Waals surface area contributed by atoms with Crippen LogP contribution in [0.2, 0.25) is 0 Å². The Hall–Kier alpha value is -1.38. The van der Waals surface area contributed by atoms with Gasteiger partial charge in [-0.05, 0) is 37.6 Å². The molecule has 0 radical (unpaired) electrons. The number of sulfonamides is 1. The molecule has 0 amide bonds. The highest BCUT2D eigenvalue weighted by Gasteiger charge is 2.17. The average Bonchev–Trinajstić information content (AvgIpc) is 2.72. The van der Waals surface area contributed by atoms with Crippen LogP contribution in [-0.4, -0.2) is 18.6 Å². The van der Waals surface area contributed by atoms with E-state index in [-0.39, 0.29) is 11.4 Å². The van der Waals surface area contributed by atoms with Gasteiger partial charge in [0.25, 0.3) is 0 Å². The molecule has 1 aromatic heterocycles. The zero-order valence-corrected chi connectivity index (χ0v) is 12.0. The van der Waals surface area contributed by atoms with Crippen molar-refractivity contribution >= 4 is 21.4 Å². The van der Waals surface area contributed by atoms with Gasteiger partial charge >= 0.3 is 0 Å². The number of benzene rings is 1. The second-order valence-electron chi connectivity index (χ2n) is 3.95. The first-order valence-corrected chi connectivity index (χ1v) is 7.73. The van der Waals surface area contributed by atoms with Crippen molar-refractivity contribution in [1.82, 2.24) is 14.9 Å². The Morgan fingerprint density at radius 2 is 2.05 bits per heavy atom. The van der Waals surface area contributed by atoms with Gasteiger partial charge in [-0.2, -0.15) is 0 Å². The fraction of sp³-hybridized carbons (Fsp3) is 0.273. The molecule has 0 aliphatic carbocycles. The summed E-state index contributed by atoms with van der Waals surface area (Å²) in [6.07, 6.45) is 0. The normalized spacial score (nSPS) is 11.7. The molecule has 0 saturated heterocycles. The number of hydrogen-bond acceptors (Lipinski definition) is 5. The van der Waals surface area contributed by atoms with Crippen molar-refractivity contribution in [2.45, 2.75) is 25.3 Å². The molecule has 19 heavy (non-hydrogen) atoms. The molecule has 1 heterocycles. The van der Waals surface area contributed by atoms with E-state index in [0.29, 0.717) is 10.6 Å². The van der Waals surface area contributed by atoms with Crippen LogP contribution < -0.4 is 4.72 Å². The van der Waals surface area contributed by atoms with Gasteiger partial charge in [0.2, 0.25) is 10.0 Å². The van der Waals surface area contributed by atoms with Gasteiger partial charge < -0.3 is 0 Å². The molecule has 0 spiro atoms. The number of nitrogens with zero attached hydrogens (tertiary/aromatic N) is 2. The maximum Gasteiger partial charge on any atom is 0.241 e. The summed E-state index contributed by atoms with van der Waals surface area (Å²) in [6.45, 7) is 3.41. The number of halogens is 1. The van der Waals surface area contributed by atoms with Crippen molar-refractivity contribution in [3.63, 3.8) is 0 Å². The van der Waals surface area contributed by atoms with E-state index in [0.717, 1.165) is 11.1 Å². The maximum absolute atomic E-state index is 13.0. The Morgan fingerprint density at radius 1 is 1.32 bits per heavy atom. The van der Waals surface area contributed by atoms with Crippen LogP contribution in [0.4, 0.5) is 4.39 Å². The molecule has 102 valence electrons. The third kappa shape index (κ3) is 3.34. The van der Waals surface area contributed by atoms with Gasteiger partial charge in [0.1, 0.15) is 15.8 Å². The lowest BCUT2D eigenvalue weighted by atomic mass is 10.2. The monoisotopic (exact) mass is 301 g/mol. The molecular weight excluding hydrogens is 289 g/mol. The van der Waals surface area contributed by atoms with Crippen molar-refractivity contribution in [2.75, 3.05) is 0 Å². The van der Waals surface area contributed by atoms with Crippen molar-refractivity contribution in [2.24, 2.45) is 0 Å². The van der Waals surface area contributed by atoms with Crippen molar-refractivity contribution in [3.05, 3.63) is 39.6 Å². The summed E-state index contributed by atoms with van der Waals surface area (Å²) in [5.74, 6) is -0.462. The number of rotatable bonds is 4. The van der Waals surface area contributed by atoms with Gasteiger partial charge in [0, 0.05) is 0 Å². The molecule has 0 saturated carbocycles. The third-order valence-electron chi connectivity index (χ3n) is 2.41. The molecule has 2 rings (SSSR count). The predicted octanol–water partition coefficient (Wildman–Crippen LogP) is 1.77. The van der Waals surface area contributed by atoms with E-state index < -0.39 is 15.8 Å². The SMILES string of the molecule is Cc1nnc(CNS(=O)(=O)c2ccc(F)cc2C)s1. The highest BCUT2D eigenvalue weighted by Crippen LogP contribution is 2.17. The minimum Gasteiger partial charge on any atom is -0.207 e. The standard InChI is InChI=1S/C11H12FN3O2S2/c1-7-5-9(12)3-4-10(7)19(16,17)13-6-11-15-14-8(2)18-11/h3-5,13H,6H2,1-2H3. The van der Waals surface area contributed by atoms with Crippen molar-refractivity contribution < 1.29 is 12.8 Å². The third-order valence-corrected chi connectivity index (χ3v) is 4.81. The number of hydrogen-bond donors (Lipinski definition) is 1. The highest BCUT2D eigenvalue weighted by molar-refractivity contribution is 7.89. The Morgan fingerprint density at radius 3 is 2.63 bits per heavy atom. The van der Waals surface area contributed by atoms with Crippen LogP contribution >= 0.6 is 11.3 Å². The van der Waals surface area contributed by atoms with E-state index >= 15 is 0 Å². The first kappa shape index (κ1) is 14.0. The van der Waals surface area contributed by atoms with Crippen LogP contribution in [0.25, 0.3) is 0 Å². The van der Waals surface area contributed by atoms with Crippen LogP contribution in [-0.2, 0) is 16.6 Å². The van der Waals surface area contributed by atoms with Crippen LogP contribution in [0.5, 0.6) is 0 Å².